The van der Waals surface area contributed by atoms with Crippen molar-refractivity contribution >= 4 is 18.9 Å². The molecule has 1 unspecified atom stereocenters. The van der Waals surface area contributed by atoms with Gasteiger partial charge in [0.15, 0.2) is 0 Å². The van der Waals surface area contributed by atoms with Gasteiger partial charge in [-0.2, -0.15) is 0 Å². The number of hydrogen-bond acceptors (Lipinski definition) is 1. The molecule has 0 bridgehead atoms. The summed E-state index contributed by atoms with van der Waals surface area (Å²) < 4.78 is 13.3. The van der Waals surface area contributed by atoms with Crippen molar-refractivity contribution in [2.24, 2.45) is 0 Å². The fraction of sp³-hybridized carbons (Fsp3) is 0.533. The zero-order valence-electron chi connectivity index (χ0n) is 13.2. The summed E-state index contributed by atoms with van der Waals surface area (Å²) in [5, 5.41) is 2.99. The molecule has 1 atom stereocenters. The van der Waals surface area contributed by atoms with Crippen molar-refractivity contribution in [1.29, 1.82) is 0 Å². The van der Waals surface area contributed by atoms with Gasteiger partial charge in [-0.05, 0) is 43.5 Å². The van der Waals surface area contributed by atoms with E-state index in [1.165, 1.54) is 12.1 Å². The van der Waals surface area contributed by atoms with Crippen LogP contribution in [0.15, 0.2) is 12.1 Å². The Labute approximate surface area is 147 Å². The van der Waals surface area contributed by atoms with Gasteiger partial charge in [0, 0.05) is 65.7 Å². The SMILES string of the molecule is CCC(C(=O)Nc1c(C)cc(F)cc1C)[P+](C)(C)C.[Y]. The molecule has 0 saturated carbocycles. The van der Waals surface area contributed by atoms with Gasteiger partial charge in [-0.25, -0.2) is 4.39 Å². The Morgan fingerprint density at radius 2 is 1.70 bits per heavy atom. The molecule has 0 aromatic heterocycles. The van der Waals surface area contributed by atoms with E-state index in [9.17, 15) is 9.18 Å². The van der Waals surface area contributed by atoms with Crippen molar-refractivity contribution in [3.63, 3.8) is 0 Å². The topological polar surface area (TPSA) is 29.1 Å². The Hall–Kier alpha value is 0.154. The van der Waals surface area contributed by atoms with Crippen LogP contribution in [-0.2, 0) is 37.5 Å². The largest absolute Gasteiger partial charge is 0.322 e. The minimum Gasteiger partial charge on any atom is -0.322 e. The molecule has 1 radical (unpaired) electrons. The number of benzene rings is 1. The summed E-state index contributed by atoms with van der Waals surface area (Å²) in [4.78, 5) is 12.4. The molecule has 0 aliphatic rings. The number of hydrogen-bond donors (Lipinski definition) is 1. The number of carbonyl (C=O) groups excluding carboxylic acids is 1. The van der Waals surface area contributed by atoms with Crippen LogP contribution in [0, 0.1) is 19.7 Å². The normalized spacial score (nSPS) is 12.6. The molecule has 0 fully saturated rings. The summed E-state index contributed by atoms with van der Waals surface area (Å²) in [6, 6.07) is 2.91. The Morgan fingerprint density at radius 1 is 1.25 bits per heavy atom. The first-order chi connectivity index (χ1) is 8.66. The zero-order valence-corrected chi connectivity index (χ0v) is 17.0. The van der Waals surface area contributed by atoms with Crippen molar-refractivity contribution in [3.8, 4) is 0 Å². The first-order valence-corrected chi connectivity index (χ1v) is 9.75. The van der Waals surface area contributed by atoms with Crippen molar-refractivity contribution in [2.45, 2.75) is 32.9 Å². The molecule has 1 rings (SSSR count). The predicted octanol–water partition coefficient (Wildman–Crippen LogP) is 4.06. The second kappa shape index (κ2) is 7.96. The molecule has 1 aromatic carbocycles. The number of halogens is 1. The molecule has 1 amide bonds. The summed E-state index contributed by atoms with van der Waals surface area (Å²) in [5.74, 6) is -0.204. The van der Waals surface area contributed by atoms with Gasteiger partial charge in [0.25, 0.3) is 5.91 Å². The second-order valence-electron chi connectivity index (χ2n) is 5.94. The number of nitrogens with one attached hydrogen (secondary N) is 1. The number of amides is 1. The van der Waals surface area contributed by atoms with Gasteiger partial charge in [-0.3, -0.25) is 4.79 Å². The summed E-state index contributed by atoms with van der Waals surface area (Å²) in [6.45, 7) is 12.2. The van der Waals surface area contributed by atoms with Gasteiger partial charge < -0.3 is 5.32 Å². The average Bonchev–Trinajstić information content (AvgIpc) is 2.22. The van der Waals surface area contributed by atoms with Crippen molar-refractivity contribution in [2.75, 3.05) is 25.3 Å². The molecule has 0 aliphatic carbocycles. The third-order valence-electron chi connectivity index (χ3n) is 3.37. The summed E-state index contributed by atoms with van der Waals surface area (Å²) in [7, 11) is -1.24. The van der Waals surface area contributed by atoms with Gasteiger partial charge in [-0.15, -0.1) is 0 Å². The fourth-order valence-corrected chi connectivity index (χ4v) is 4.26. The summed E-state index contributed by atoms with van der Waals surface area (Å²) in [5.41, 5.74) is 2.34. The van der Waals surface area contributed by atoms with Gasteiger partial charge in [0.2, 0.25) is 0 Å². The van der Waals surface area contributed by atoms with Crippen LogP contribution < -0.4 is 5.32 Å². The van der Waals surface area contributed by atoms with E-state index < -0.39 is 7.26 Å². The molecule has 0 saturated heterocycles. The van der Waals surface area contributed by atoms with Crippen LogP contribution in [0.3, 0.4) is 0 Å². The summed E-state index contributed by atoms with van der Waals surface area (Å²) in [6.07, 6.45) is 0.836. The van der Waals surface area contributed by atoms with E-state index in [4.69, 9.17) is 0 Å². The van der Waals surface area contributed by atoms with E-state index in [0.29, 0.717) is 0 Å². The monoisotopic (exact) mass is 373 g/mol. The van der Waals surface area contributed by atoms with Crippen LogP contribution in [-0.4, -0.2) is 31.6 Å². The maximum Gasteiger partial charge on any atom is 0.264 e. The summed E-state index contributed by atoms with van der Waals surface area (Å²) >= 11 is 0. The Balaban J connectivity index is 0.00000361. The number of anilines is 1. The molecule has 0 heterocycles. The first-order valence-electron chi connectivity index (χ1n) is 6.55. The Bertz CT molecular complexity index is 462. The Morgan fingerprint density at radius 3 is 2.05 bits per heavy atom. The predicted molar refractivity (Wildman–Crippen MR) is 83.3 cm³/mol. The van der Waals surface area contributed by atoms with Gasteiger partial charge >= 0.3 is 0 Å². The molecule has 2 nitrogen and oxygen atoms in total. The molecule has 109 valence electrons. The quantitative estimate of drug-likeness (QED) is 0.793. The van der Waals surface area contributed by atoms with Gasteiger partial charge in [0.1, 0.15) is 11.5 Å². The molecular formula is C15H24FNOPY+. The average molecular weight is 373 g/mol. The van der Waals surface area contributed by atoms with E-state index in [1.54, 1.807) is 0 Å². The van der Waals surface area contributed by atoms with E-state index >= 15 is 0 Å². The molecule has 20 heavy (non-hydrogen) atoms. The fourth-order valence-electron chi connectivity index (χ4n) is 2.40. The van der Waals surface area contributed by atoms with E-state index in [0.717, 1.165) is 23.2 Å². The maximum atomic E-state index is 13.3. The van der Waals surface area contributed by atoms with Crippen LogP contribution in [0.1, 0.15) is 24.5 Å². The third kappa shape index (κ3) is 5.17. The van der Waals surface area contributed by atoms with E-state index in [1.807, 2.05) is 20.8 Å². The van der Waals surface area contributed by atoms with Crippen LogP contribution >= 0.6 is 7.26 Å². The zero-order chi connectivity index (χ0) is 14.8. The Kier molecular flexibility index (Phi) is 8.03. The smallest absolute Gasteiger partial charge is 0.264 e. The van der Waals surface area contributed by atoms with Crippen molar-refractivity contribution in [3.05, 3.63) is 29.1 Å². The molecule has 1 aromatic rings. The number of aryl methyl sites for hydroxylation is 2. The molecule has 0 aliphatic heterocycles. The van der Waals surface area contributed by atoms with Crippen molar-refractivity contribution < 1.29 is 41.9 Å². The number of carbonyl (C=O) groups is 1. The van der Waals surface area contributed by atoms with Crippen LogP contribution in [0.25, 0.3) is 0 Å². The minimum atomic E-state index is -1.24. The third-order valence-corrected chi connectivity index (χ3v) is 5.84. The second-order valence-corrected chi connectivity index (χ2v) is 10.8. The molecular weight excluding hydrogens is 349 g/mol. The molecule has 5 heteroatoms. The van der Waals surface area contributed by atoms with E-state index in [2.05, 4.69) is 25.3 Å². The molecule has 0 spiro atoms. The number of rotatable bonds is 4. The first kappa shape index (κ1) is 20.2. The standard InChI is InChI=1S/C15H23FNOP.Y/c1-7-13(19(4,5)6)15(18)17-14-10(2)8-12(16)9-11(14)3;/h8-9,13H,7H2,1-6H3;/p+1. The van der Waals surface area contributed by atoms with Crippen LogP contribution in [0.4, 0.5) is 10.1 Å². The van der Waals surface area contributed by atoms with Crippen LogP contribution in [0.2, 0.25) is 0 Å². The van der Waals surface area contributed by atoms with Crippen LogP contribution in [0.5, 0.6) is 0 Å². The van der Waals surface area contributed by atoms with E-state index in [-0.39, 0.29) is 50.1 Å². The minimum absolute atomic E-state index is 0. The maximum absolute atomic E-state index is 13.3. The van der Waals surface area contributed by atoms with Crippen molar-refractivity contribution in [1.82, 2.24) is 0 Å². The molecule has 1 N–H and O–H groups in total. The van der Waals surface area contributed by atoms with Gasteiger partial charge in [0.05, 0.1) is 0 Å². The van der Waals surface area contributed by atoms with Gasteiger partial charge in [-0.1, -0.05) is 6.92 Å².